The van der Waals surface area contributed by atoms with Gasteiger partial charge in [0.1, 0.15) is 11.6 Å². The largest absolute Gasteiger partial charge is 0.508 e. The summed E-state index contributed by atoms with van der Waals surface area (Å²) < 4.78 is 42.9. The Hall–Kier alpha value is -2.95. The van der Waals surface area contributed by atoms with E-state index < -0.39 is 48.0 Å². The van der Waals surface area contributed by atoms with Gasteiger partial charge in [-0.15, -0.1) is 0 Å². The van der Waals surface area contributed by atoms with Gasteiger partial charge in [-0.3, -0.25) is 9.59 Å². The van der Waals surface area contributed by atoms with Crippen molar-refractivity contribution in [3.8, 4) is 5.75 Å². The highest BCUT2D eigenvalue weighted by molar-refractivity contribution is 5.99. The van der Waals surface area contributed by atoms with Crippen LogP contribution in [0, 0.1) is 24.6 Å². The standard InChI is InChI=1S/C31H40F3N3O4/c1-19-23(10-7-11-26(19)32)28-24(29(40)20-8-6-9-21(38)14-20)17-36(13-5-4-12-35(2)3)18-25(28)31(41)37-16-22(39)15-27(37)30(33)34/h6-11,14,22,24-25,27-28,30,38-39H,4-5,12-13,15-18H2,1-3H3. The van der Waals surface area contributed by atoms with E-state index in [-0.39, 0.29) is 36.6 Å². The van der Waals surface area contributed by atoms with E-state index in [0.717, 1.165) is 24.3 Å². The summed E-state index contributed by atoms with van der Waals surface area (Å²) in [5.74, 6) is -3.94. The molecule has 0 radical (unpaired) electrons. The minimum absolute atomic E-state index is 0.0795. The molecule has 0 spiro atoms. The second-order valence-electron chi connectivity index (χ2n) is 11.7. The molecule has 224 valence electrons. The molecule has 1 amide bonds. The van der Waals surface area contributed by atoms with Gasteiger partial charge in [-0.25, -0.2) is 13.2 Å². The first kappa shape index (κ1) is 31.0. The van der Waals surface area contributed by atoms with Gasteiger partial charge in [0.25, 0.3) is 6.43 Å². The smallest absolute Gasteiger partial charge is 0.258 e. The Bertz CT molecular complexity index is 1230. The van der Waals surface area contributed by atoms with Crippen LogP contribution in [0.1, 0.15) is 46.7 Å². The maximum absolute atomic E-state index is 14.9. The highest BCUT2D eigenvalue weighted by Gasteiger charge is 2.49. The summed E-state index contributed by atoms with van der Waals surface area (Å²) in [4.78, 5) is 33.4. The molecule has 10 heteroatoms. The number of nitrogens with zero attached hydrogens (tertiary/aromatic N) is 3. The minimum Gasteiger partial charge on any atom is -0.508 e. The van der Waals surface area contributed by atoms with Gasteiger partial charge in [0.2, 0.25) is 5.91 Å². The number of benzene rings is 2. The summed E-state index contributed by atoms with van der Waals surface area (Å²) in [6.07, 6.45) is -2.42. The number of hydrogen-bond donors (Lipinski definition) is 2. The first-order valence-electron chi connectivity index (χ1n) is 14.2. The molecule has 0 saturated carbocycles. The molecule has 0 aliphatic carbocycles. The molecule has 2 fully saturated rings. The van der Waals surface area contributed by atoms with Crippen LogP contribution in [0.5, 0.6) is 5.75 Å². The lowest BCUT2D eigenvalue weighted by Crippen LogP contribution is -2.55. The molecule has 2 aliphatic heterocycles. The molecule has 2 N–H and O–H groups in total. The number of piperidine rings is 1. The van der Waals surface area contributed by atoms with Crippen LogP contribution in [-0.2, 0) is 4.79 Å². The maximum atomic E-state index is 14.9. The van der Waals surface area contributed by atoms with Crippen LogP contribution >= 0.6 is 0 Å². The fourth-order valence-corrected chi connectivity index (χ4v) is 6.40. The van der Waals surface area contributed by atoms with Crippen LogP contribution in [-0.4, -0.2) is 102 Å². The van der Waals surface area contributed by atoms with Gasteiger partial charge in [-0.2, -0.15) is 0 Å². The number of aliphatic hydroxyl groups excluding tert-OH is 1. The number of amides is 1. The normalized spacial score (nSPS) is 25.3. The van der Waals surface area contributed by atoms with Crippen molar-refractivity contribution in [1.29, 1.82) is 0 Å². The second kappa shape index (κ2) is 13.4. The molecular weight excluding hydrogens is 535 g/mol. The topological polar surface area (TPSA) is 84.3 Å². The third-order valence-electron chi connectivity index (χ3n) is 8.46. The average molecular weight is 576 g/mol. The molecule has 0 aromatic heterocycles. The second-order valence-corrected chi connectivity index (χ2v) is 11.7. The molecule has 41 heavy (non-hydrogen) atoms. The van der Waals surface area contributed by atoms with Crippen molar-refractivity contribution in [1.82, 2.24) is 14.7 Å². The lowest BCUT2D eigenvalue weighted by Gasteiger charge is -2.45. The molecule has 2 aromatic rings. The molecule has 2 saturated heterocycles. The number of aromatic hydroxyl groups is 1. The Balaban J connectivity index is 1.77. The summed E-state index contributed by atoms with van der Waals surface area (Å²) in [5, 5.41) is 20.3. The number of aliphatic hydroxyl groups is 1. The number of phenols is 1. The van der Waals surface area contributed by atoms with Gasteiger partial charge in [0, 0.05) is 43.5 Å². The number of alkyl halides is 2. The van der Waals surface area contributed by atoms with E-state index in [1.165, 1.54) is 24.3 Å². The van der Waals surface area contributed by atoms with Crippen LogP contribution in [0.4, 0.5) is 13.2 Å². The third-order valence-corrected chi connectivity index (χ3v) is 8.46. The number of Topliss-reactive ketones (excluding diaryl/α,β-unsaturated/α-hetero) is 1. The third kappa shape index (κ3) is 7.10. The number of phenolic OH excluding ortho intramolecular Hbond substituents is 1. The van der Waals surface area contributed by atoms with E-state index in [1.54, 1.807) is 25.1 Å². The van der Waals surface area contributed by atoms with Crippen molar-refractivity contribution in [3.63, 3.8) is 0 Å². The monoisotopic (exact) mass is 575 g/mol. The van der Waals surface area contributed by atoms with Crippen LogP contribution in [0.25, 0.3) is 0 Å². The lowest BCUT2D eigenvalue weighted by atomic mass is 9.69. The van der Waals surface area contributed by atoms with Gasteiger partial charge in [0.05, 0.1) is 18.1 Å². The molecule has 2 heterocycles. The van der Waals surface area contributed by atoms with E-state index in [2.05, 4.69) is 4.90 Å². The molecule has 5 atom stereocenters. The van der Waals surface area contributed by atoms with Crippen LogP contribution in [0.3, 0.4) is 0 Å². The SMILES string of the molecule is Cc1c(F)cccc1C1C(C(=O)c2cccc(O)c2)CN(CCCCN(C)C)CC1C(=O)N1CC(O)CC1C(F)F. The first-order valence-corrected chi connectivity index (χ1v) is 14.2. The first-order chi connectivity index (χ1) is 19.5. The van der Waals surface area contributed by atoms with Gasteiger partial charge in [-0.05, 0) is 76.3 Å². The van der Waals surface area contributed by atoms with Crippen molar-refractivity contribution in [2.24, 2.45) is 11.8 Å². The predicted molar refractivity (Wildman–Crippen MR) is 150 cm³/mol. The Kier molecular flexibility index (Phi) is 10.1. The van der Waals surface area contributed by atoms with Gasteiger partial charge >= 0.3 is 0 Å². The lowest BCUT2D eigenvalue weighted by molar-refractivity contribution is -0.142. The van der Waals surface area contributed by atoms with Gasteiger partial charge < -0.3 is 24.9 Å². The Labute approximate surface area is 239 Å². The van der Waals surface area contributed by atoms with Crippen molar-refractivity contribution >= 4 is 11.7 Å². The molecule has 0 bridgehead atoms. The number of halogens is 3. The van der Waals surface area contributed by atoms with Gasteiger partial charge in [0.15, 0.2) is 5.78 Å². The van der Waals surface area contributed by atoms with Crippen molar-refractivity contribution in [2.45, 2.75) is 50.7 Å². The number of β-amino-alcohol motifs (C(OH)–C–C–N with tert-alkyl or cyclic N) is 1. The molecule has 7 nitrogen and oxygen atoms in total. The Morgan fingerprint density at radius 2 is 1.76 bits per heavy atom. The minimum atomic E-state index is -2.83. The fraction of sp³-hybridized carbons (Fsp3) is 0.548. The quantitative estimate of drug-likeness (QED) is 0.330. The van der Waals surface area contributed by atoms with E-state index in [1.807, 2.05) is 19.0 Å². The Morgan fingerprint density at radius 3 is 2.44 bits per heavy atom. The molecule has 4 rings (SSSR count). The van der Waals surface area contributed by atoms with E-state index in [0.29, 0.717) is 24.2 Å². The van der Waals surface area contributed by atoms with Crippen LogP contribution < -0.4 is 0 Å². The summed E-state index contributed by atoms with van der Waals surface area (Å²) in [6.45, 7) is 3.35. The number of rotatable bonds is 10. The zero-order chi connectivity index (χ0) is 29.8. The van der Waals surface area contributed by atoms with E-state index in [9.17, 15) is 33.0 Å². The summed E-state index contributed by atoms with van der Waals surface area (Å²) in [6, 6.07) is 9.09. The summed E-state index contributed by atoms with van der Waals surface area (Å²) in [5.41, 5.74) is 1.05. The number of likely N-dealkylation sites (tertiary alicyclic amines) is 2. The zero-order valence-electron chi connectivity index (χ0n) is 23.8. The van der Waals surface area contributed by atoms with Crippen LogP contribution in [0.2, 0.25) is 0 Å². The molecule has 2 aromatic carbocycles. The number of unbranched alkanes of at least 4 members (excludes halogenated alkanes) is 1. The number of carbonyl (C=O) groups is 2. The molecular formula is C31H40F3N3O4. The van der Waals surface area contributed by atoms with E-state index >= 15 is 0 Å². The number of hydrogen-bond acceptors (Lipinski definition) is 6. The molecule has 2 aliphatic rings. The summed E-state index contributed by atoms with van der Waals surface area (Å²) >= 11 is 0. The average Bonchev–Trinajstić information content (AvgIpc) is 3.33. The van der Waals surface area contributed by atoms with Crippen molar-refractivity contribution in [2.75, 3.05) is 46.8 Å². The number of carbonyl (C=O) groups excluding carboxylic acids is 2. The van der Waals surface area contributed by atoms with Gasteiger partial charge in [-0.1, -0.05) is 24.3 Å². The predicted octanol–water partition coefficient (Wildman–Crippen LogP) is 3.92. The Morgan fingerprint density at radius 1 is 1.05 bits per heavy atom. The number of ketones is 1. The highest BCUT2D eigenvalue weighted by Crippen LogP contribution is 2.43. The zero-order valence-corrected chi connectivity index (χ0v) is 23.8. The van der Waals surface area contributed by atoms with Crippen LogP contribution in [0.15, 0.2) is 42.5 Å². The van der Waals surface area contributed by atoms with Crippen molar-refractivity contribution in [3.05, 3.63) is 65.0 Å². The van der Waals surface area contributed by atoms with E-state index in [4.69, 9.17) is 0 Å². The fourth-order valence-electron chi connectivity index (χ4n) is 6.40. The molecule has 5 unspecified atom stereocenters. The summed E-state index contributed by atoms with van der Waals surface area (Å²) in [7, 11) is 3.96. The highest BCUT2D eigenvalue weighted by atomic mass is 19.3. The maximum Gasteiger partial charge on any atom is 0.258 e. The van der Waals surface area contributed by atoms with Crippen molar-refractivity contribution < 1.29 is 33.0 Å².